The van der Waals surface area contributed by atoms with Crippen LogP contribution >= 0.6 is 0 Å². The molecule has 0 fully saturated rings. The number of rotatable bonds is 8. The zero-order valence-corrected chi connectivity index (χ0v) is 29.8. The Kier molecular flexibility index (Phi) is 9.12. The number of allylic oxidation sites excluding steroid dienone is 2. The van der Waals surface area contributed by atoms with Gasteiger partial charge >= 0.3 is 0 Å². The maximum atomic E-state index is 4.24. The van der Waals surface area contributed by atoms with Crippen molar-refractivity contribution >= 4 is 22.7 Å². The maximum Gasteiger partial charge on any atom is 0.0621 e. The average molecular weight is 671 g/mol. The molecular weight excluding hydrogens is 629 g/mol. The Hall–Kier alpha value is -6.38. The second kappa shape index (κ2) is 14.5. The van der Waals surface area contributed by atoms with Gasteiger partial charge in [-0.2, -0.15) is 0 Å². The summed E-state index contributed by atoms with van der Waals surface area (Å²) in [6.45, 7) is 8.24. The molecule has 0 radical (unpaired) electrons. The summed E-state index contributed by atoms with van der Waals surface area (Å²) in [4.78, 5) is 2.45. The number of hydrogen-bond acceptors (Lipinski definition) is 2. The number of anilines is 4. The number of benzene rings is 7. The number of nitrogens with one attached hydrogen (secondary N) is 1. The number of nitrogens with zero attached hydrogens (tertiary/aromatic N) is 1. The second-order valence-corrected chi connectivity index (χ2v) is 13.0. The first-order valence-corrected chi connectivity index (χ1v) is 18.3. The quantitative estimate of drug-likeness (QED) is 0.162. The molecule has 0 atom stereocenters. The molecule has 2 bridgehead atoms. The summed E-state index contributed by atoms with van der Waals surface area (Å²) < 4.78 is 0. The normalized spacial score (nSPS) is 12.3. The molecule has 2 heteroatoms. The molecule has 1 heterocycles. The number of hydrogen-bond donors (Lipinski definition) is 1. The highest BCUT2D eigenvalue weighted by atomic mass is 15.2. The van der Waals surface area contributed by atoms with E-state index in [1.165, 1.54) is 67.1 Å². The van der Waals surface area contributed by atoms with Gasteiger partial charge in [-0.3, -0.25) is 0 Å². The Morgan fingerprint density at radius 1 is 0.558 bits per heavy atom. The maximum absolute atomic E-state index is 4.24. The molecule has 0 spiro atoms. The third-order valence-electron chi connectivity index (χ3n) is 10.1. The molecule has 252 valence electrons. The first-order chi connectivity index (χ1) is 25.8. The van der Waals surface area contributed by atoms with Crippen LogP contribution in [0, 0.1) is 0 Å². The molecule has 52 heavy (non-hydrogen) atoms. The van der Waals surface area contributed by atoms with Crippen molar-refractivity contribution in [3.63, 3.8) is 0 Å². The van der Waals surface area contributed by atoms with E-state index in [1.54, 1.807) is 0 Å². The Morgan fingerprint density at radius 2 is 1.15 bits per heavy atom. The summed E-state index contributed by atoms with van der Waals surface area (Å²) in [5, 5.41) is 3.80. The lowest BCUT2D eigenvalue weighted by Gasteiger charge is -2.35. The molecule has 7 aromatic rings. The average Bonchev–Trinajstić information content (AvgIpc) is 3.61. The van der Waals surface area contributed by atoms with Gasteiger partial charge in [-0.15, -0.1) is 0 Å². The molecule has 0 saturated carbocycles. The van der Waals surface area contributed by atoms with Crippen LogP contribution in [-0.2, 0) is 6.42 Å². The Labute approximate surface area is 308 Å². The highest BCUT2D eigenvalue weighted by molar-refractivity contribution is 6.07. The van der Waals surface area contributed by atoms with Crippen molar-refractivity contribution in [2.75, 3.05) is 10.2 Å². The fraction of sp³-hybridized carbons (Fsp3) is 0.0800. The van der Waals surface area contributed by atoms with E-state index in [1.807, 2.05) is 19.9 Å². The SMILES string of the molecule is C=C/C(=C\C(c1ccccc1)c1ccccc1)Nc1ccccc1-c1ccc2cc1-c1ccc3c(c1N2c1ccccc1)-c1ccccc1C3.CC. The van der Waals surface area contributed by atoms with Crippen molar-refractivity contribution < 1.29 is 0 Å². The molecule has 0 amide bonds. The van der Waals surface area contributed by atoms with Gasteiger partial charge in [0.05, 0.1) is 5.69 Å². The lowest BCUT2D eigenvalue weighted by atomic mass is 9.86. The zero-order chi connectivity index (χ0) is 35.4. The molecule has 9 rings (SSSR count). The highest BCUT2D eigenvalue weighted by Crippen LogP contribution is 2.56. The van der Waals surface area contributed by atoms with Crippen molar-refractivity contribution in [3.05, 3.63) is 217 Å². The molecule has 1 aliphatic heterocycles. The van der Waals surface area contributed by atoms with Gasteiger partial charge in [-0.05, 0) is 87.8 Å². The van der Waals surface area contributed by atoms with Crippen molar-refractivity contribution in [3.8, 4) is 33.4 Å². The minimum Gasteiger partial charge on any atom is -0.355 e. The predicted octanol–water partition coefficient (Wildman–Crippen LogP) is 13.7. The molecule has 1 aliphatic carbocycles. The van der Waals surface area contributed by atoms with Crippen LogP contribution in [0.2, 0.25) is 0 Å². The largest absolute Gasteiger partial charge is 0.355 e. The van der Waals surface area contributed by atoms with Crippen molar-refractivity contribution in [1.29, 1.82) is 0 Å². The van der Waals surface area contributed by atoms with Crippen LogP contribution < -0.4 is 10.2 Å². The van der Waals surface area contributed by atoms with Gasteiger partial charge in [0.15, 0.2) is 0 Å². The van der Waals surface area contributed by atoms with Crippen molar-refractivity contribution in [2.45, 2.75) is 26.2 Å². The third kappa shape index (κ3) is 5.93. The Bertz CT molecular complexity index is 2350. The van der Waals surface area contributed by atoms with Gasteiger partial charge in [-0.1, -0.05) is 160 Å². The van der Waals surface area contributed by atoms with Gasteiger partial charge in [0.1, 0.15) is 0 Å². The van der Waals surface area contributed by atoms with Crippen LogP contribution in [-0.4, -0.2) is 0 Å². The van der Waals surface area contributed by atoms with Gasteiger partial charge in [0.2, 0.25) is 0 Å². The van der Waals surface area contributed by atoms with Gasteiger partial charge in [-0.25, -0.2) is 0 Å². The van der Waals surface area contributed by atoms with Gasteiger partial charge in [0, 0.05) is 45.4 Å². The molecular formula is C50H42N2. The third-order valence-corrected chi connectivity index (χ3v) is 10.1. The Morgan fingerprint density at radius 3 is 1.85 bits per heavy atom. The van der Waals surface area contributed by atoms with E-state index in [9.17, 15) is 0 Å². The van der Waals surface area contributed by atoms with Gasteiger partial charge in [0.25, 0.3) is 0 Å². The monoisotopic (exact) mass is 670 g/mol. The molecule has 7 aromatic carbocycles. The summed E-state index contributed by atoms with van der Waals surface area (Å²) in [6.07, 6.45) is 5.17. The lowest BCUT2D eigenvalue weighted by molar-refractivity contribution is 1.02. The summed E-state index contributed by atoms with van der Waals surface area (Å²) in [5.41, 5.74) is 18.4. The summed E-state index contributed by atoms with van der Waals surface area (Å²) in [6, 6.07) is 61.2. The fourth-order valence-corrected chi connectivity index (χ4v) is 7.80. The van der Waals surface area contributed by atoms with E-state index >= 15 is 0 Å². The molecule has 0 unspecified atom stereocenters. The minimum atomic E-state index is 0.0753. The van der Waals surface area contributed by atoms with Crippen molar-refractivity contribution in [1.82, 2.24) is 0 Å². The molecule has 2 aliphatic rings. The van der Waals surface area contributed by atoms with E-state index in [4.69, 9.17) is 0 Å². The first-order valence-electron chi connectivity index (χ1n) is 18.3. The summed E-state index contributed by atoms with van der Waals surface area (Å²) in [7, 11) is 0. The van der Waals surface area contributed by atoms with Crippen LogP contribution in [0.1, 0.15) is 42.0 Å². The first kappa shape index (κ1) is 32.8. The minimum absolute atomic E-state index is 0.0753. The van der Waals surface area contributed by atoms with Crippen LogP contribution in [0.3, 0.4) is 0 Å². The zero-order valence-electron chi connectivity index (χ0n) is 29.8. The standard InChI is InChI=1S/C48H36N2.C2H6/c1-2-37(31-44(33-16-6-3-7-17-33)34-18-8-4-9-19-34)49-46-25-15-14-24-42(46)41-29-27-39-32-45(41)43-28-26-36-30-35-20-12-13-23-40(35)47(36)48(43)50(39)38-21-10-5-11-22-38;1-2/h2-29,31-32,44,49H,1,30H2;1-2H3/b37-31+;. The summed E-state index contributed by atoms with van der Waals surface area (Å²) >= 11 is 0. The number of para-hydroxylation sites is 2. The molecule has 2 nitrogen and oxygen atoms in total. The fourth-order valence-electron chi connectivity index (χ4n) is 7.80. The van der Waals surface area contributed by atoms with E-state index in [0.29, 0.717) is 0 Å². The topological polar surface area (TPSA) is 15.3 Å². The van der Waals surface area contributed by atoms with Crippen LogP contribution in [0.25, 0.3) is 33.4 Å². The smallest absolute Gasteiger partial charge is 0.0621 e. The van der Waals surface area contributed by atoms with Gasteiger partial charge < -0.3 is 10.2 Å². The van der Waals surface area contributed by atoms with E-state index in [2.05, 4.69) is 193 Å². The van der Waals surface area contributed by atoms with Crippen molar-refractivity contribution in [2.24, 2.45) is 0 Å². The van der Waals surface area contributed by atoms with E-state index < -0.39 is 0 Å². The second-order valence-electron chi connectivity index (χ2n) is 13.0. The molecule has 0 aromatic heterocycles. The Balaban J connectivity index is 0.00000190. The molecule has 0 saturated heterocycles. The lowest BCUT2D eigenvalue weighted by Crippen LogP contribution is -2.16. The number of fused-ring (bicyclic) bond motifs is 8. The van der Waals surface area contributed by atoms with E-state index in [-0.39, 0.29) is 5.92 Å². The molecule has 1 N–H and O–H groups in total. The van der Waals surface area contributed by atoms with Crippen LogP contribution in [0.15, 0.2) is 194 Å². The highest BCUT2D eigenvalue weighted by Gasteiger charge is 2.32. The summed E-state index contributed by atoms with van der Waals surface area (Å²) in [5.74, 6) is 0.0753. The predicted molar refractivity (Wildman–Crippen MR) is 222 cm³/mol. The van der Waals surface area contributed by atoms with Crippen LogP contribution in [0.4, 0.5) is 22.7 Å². The van der Waals surface area contributed by atoms with E-state index in [0.717, 1.165) is 23.4 Å². The van der Waals surface area contributed by atoms with Crippen LogP contribution in [0.5, 0.6) is 0 Å².